The molecule has 0 bridgehead atoms. The fourth-order valence-corrected chi connectivity index (χ4v) is 4.65. The number of aryl methyl sites for hydroxylation is 2. The predicted molar refractivity (Wildman–Crippen MR) is 132 cm³/mol. The molecule has 1 unspecified atom stereocenters. The molecule has 0 radical (unpaired) electrons. The number of benzene rings is 3. The molecule has 1 saturated heterocycles. The Morgan fingerprint density at radius 2 is 1.79 bits per heavy atom. The first-order valence-corrected chi connectivity index (χ1v) is 11.7. The molecule has 0 spiro atoms. The fraction of sp³-hybridized carbons (Fsp3) is 0.286. The van der Waals surface area contributed by atoms with Gasteiger partial charge in [0, 0.05) is 31.1 Å². The Hall–Kier alpha value is -3.60. The smallest absolute Gasteiger partial charge is 0.227 e. The van der Waals surface area contributed by atoms with E-state index in [0.29, 0.717) is 19.6 Å². The van der Waals surface area contributed by atoms with Gasteiger partial charge < -0.3 is 14.2 Å². The van der Waals surface area contributed by atoms with E-state index in [1.54, 1.807) is 0 Å². The summed E-state index contributed by atoms with van der Waals surface area (Å²) in [5.74, 6) is 2.18. The van der Waals surface area contributed by atoms with Crippen LogP contribution in [0.4, 0.5) is 5.69 Å². The van der Waals surface area contributed by atoms with Gasteiger partial charge in [0.15, 0.2) is 0 Å². The number of ether oxygens (including phenoxy) is 1. The van der Waals surface area contributed by atoms with Crippen LogP contribution in [0, 0.1) is 6.92 Å². The highest BCUT2D eigenvalue weighted by Gasteiger charge is 2.34. The molecule has 0 N–H and O–H groups in total. The molecule has 3 aromatic carbocycles. The number of rotatable bonds is 8. The minimum absolute atomic E-state index is 0.0889. The van der Waals surface area contributed by atoms with E-state index in [1.165, 1.54) is 0 Å². The van der Waals surface area contributed by atoms with Gasteiger partial charge in [-0.1, -0.05) is 42.5 Å². The second kappa shape index (κ2) is 9.49. The van der Waals surface area contributed by atoms with E-state index in [4.69, 9.17) is 9.72 Å². The zero-order chi connectivity index (χ0) is 22.6. The Kier molecular flexibility index (Phi) is 6.11. The van der Waals surface area contributed by atoms with E-state index in [0.717, 1.165) is 53.2 Å². The summed E-state index contributed by atoms with van der Waals surface area (Å²) >= 11 is 0. The van der Waals surface area contributed by atoms with Crippen molar-refractivity contribution in [2.24, 2.45) is 0 Å². The number of nitrogens with zero attached hydrogens (tertiary/aromatic N) is 3. The van der Waals surface area contributed by atoms with Gasteiger partial charge in [-0.2, -0.15) is 0 Å². The molecule has 1 fully saturated rings. The van der Waals surface area contributed by atoms with Crippen LogP contribution >= 0.6 is 0 Å². The summed E-state index contributed by atoms with van der Waals surface area (Å²) in [5, 5.41) is 0. The highest BCUT2D eigenvalue weighted by atomic mass is 16.5. The van der Waals surface area contributed by atoms with Crippen LogP contribution in [0.2, 0.25) is 0 Å². The Bertz CT molecular complexity index is 1250. The molecule has 1 aliphatic heterocycles. The van der Waals surface area contributed by atoms with Crippen molar-refractivity contribution in [3.63, 3.8) is 0 Å². The molecule has 0 saturated carbocycles. The highest BCUT2D eigenvalue weighted by molar-refractivity contribution is 5.96. The van der Waals surface area contributed by atoms with Crippen molar-refractivity contribution < 1.29 is 9.53 Å². The van der Waals surface area contributed by atoms with Gasteiger partial charge >= 0.3 is 0 Å². The number of carbonyl (C=O) groups excluding carboxylic acids is 1. The Morgan fingerprint density at radius 1 is 0.970 bits per heavy atom. The van der Waals surface area contributed by atoms with E-state index >= 15 is 0 Å². The quantitative estimate of drug-likeness (QED) is 0.330. The fourth-order valence-electron chi connectivity index (χ4n) is 4.65. The monoisotopic (exact) mass is 439 g/mol. The third-order valence-electron chi connectivity index (χ3n) is 6.28. The Labute approximate surface area is 194 Å². The van der Waals surface area contributed by atoms with Crippen LogP contribution in [-0.4, -0.2) is 28.6 Å². The second-order valence-electron chi connectivity index (χ2n) is 8.72. The average molecular weight is 440 g/mol. The molecule has 33 heavy (non-hydrogen) atoms. The lowest BCUT2D eigenvalue weighted by Gasteiger charge is -2.18. The summed E-state index contributed by atoms with van der Waals surface area (Å²) in [4.78, 5) is 19.8. The first-order chi connectivity index (χ1) is 16.2. The summed E-state index contributed by atoms with van der Waals surface area (Å²) in [6.45, 7) is 4.28. The molecule has 0 aliphatic carbocycles. The third kappa shape index (κ3) is 4.63. The lowest BCUT2D eigenvalue weighted by atomic mass is 10.1. The minimum atomic E-state index is 0.0889. The number of carbonyl (C=O) groups is 1. The maximum atomic E-state index is 12.9. The standard InChI is InChI=1S/C28H29N3O2/c1-21-10-9-11-23(18-21)31-20-22(19-27(31)32)28-29-25-14-5-6-15-26(25)30(28)16-7-8-17-33-24-12-3-2-4-13-24/h2-6,9-15,18,22H,7-8,16-17,19-20H2,1H3. The predicted octanol–water partition coefficient (Wildman–Crippen LogP) is 5.72. The van der Waals surface area contributed by atoms with E-state index in [-0.39, 0.29) is 11.8 Å². The Balaban J connectivity index is 1.31. The zero-order valence-corrected chi connectivity index (χ0v) is 19.0. The summed E-state index contributed by atoms with van der Waals surface area (Å²) in [5.41, 5.74) is 4.27. The van der Waals surface area contributed by atoms with Crippen molar-refractivity contribution in [3.8, 4) is 5.75 Å². The van der Waals surface area contributed by atoms with Crippen molar-refractivity contribution in [3.05, 3.63) is 90.3 Å². The molecular weight excluding hydrogens is 410 g/mol. The molecule has 4 aromatic rings. The lowest BCUT2D eigenvalue weighted by molar-refractivity contribution is -0.117. The molecule has 1 atom stereocenters. The first kappa shape index (κ1) is 21.3. The number of anilines is 1. The molecule has 5 rings (SSSR count). The van der Waals surface area contributed by atoms with Crippen LogP contribution in [0.5, 0.6) is 5.75 Å². The van der Waals surface area contributed by atoms with Crippen molar-refractivity contribution in [1.29, 1.82) is 0 Å². The molecule has 5 nitrogen and oxygen atoms in total. The van der Waals surface area contributed by atoms with Gasteiger partial charge in [0.25, 0.3) is 0 Å². The van der Waals surface area contributed by atoms with Gasteiger partial charge in [0.1, 0.15) is 11.6 Å². The lowest BCUT2D eigenvalue weighted by Crippen LogP contribution is -2.24. The topological polar surface area (TPSA) is 47.4 Å². The molecule has 1 aromatic heterocycles. The van der Waals surface area contributed by atoms with Crippen molar-refractivity contribution in [1.82, 2.24) is 9.55 Å². The van der Waals surface area contributed by atoms with E-state index < -0.39 is 0 Å². The second-order valence-corrected chi connectivity index (χ2v) is 8.72. The summed E-state index contributed by atoms with van der Waals surface area (Å²) in [6, 6.07) is 26.4. The maximum Gasteiger partial charge on any atom is 0.227 e. The SMILES string of the molecule is Cc1cccc(N2CC(c3nc4ccccc4n3CCCCOc3ccccc3)CC2=O)c1. The molecule has 2 heterocycles. The number of amides is 1. The normalized spacial score (nSPS) is 16.0. The van der Waals surface area contributed by atoms with Gasteiger partial charge in [-0.15, -0.1) is 0 Å². The number of hydrogen-bond acceptors (Lipinski definition) is 3. The molecular formula is C28H29N3O2. The van der Waals surface area contributed by atoms with Crippen LogP contribution in [0.25, 0.3) is 11.0 Å². The van der Waals surface area contributed by atoms with Gasteiger partial charge in [-0.25, -0.2) is 4.98 Å². The van der Waals surface area contributed by atoms with E-state index in [1.807, 2.05) is 53.4 Å². The summed E-state index contributed by atoms with van der Waals surface area (Å²) in [6.07, 6.45) is 2.44. The van der Waals surface area contributed by atoms with Gasteiger partial charge in [0.2, 0.25) is 5.91 Å². The number of para-hydroxylation sites is 3. The largest absolute Gasteiger partial charge is 0.494 e. The van der Waals surface area contributed by atoms with Gasteiger partial charge in [-0.3, -0.25) is 4.79 Å². The molecule has 1 amide bonds. The van der Waals surface area contributed by atoms with Crippen molar-refractivity contribution in [2.45, 2.75) is 38.6 Å². The molecule has 5 heteroatoms. The van der Waals surface area contributed by atoms with Crippen LogP contribution in [-0.2, 0) is 11.3 Å². The minimum Gasteiger partial charge on any atom is -0.494 e. The summed E-state index contributed by atoms with van der Waals surface area (Å²) in [7, 11) is 0. The summed E-state index contributed by atoms with van der Waals surface area (Å²) < 4.78 is 8.17. The van der Waals surface area contributed by atoms with Crippen LogP contribution in [0.1, 0.15) is 36.6 Å². The highest BCUT2D eigenvalue weighted by Crippen LogP contribution is 2.33. The van der Waals surface area contributed by atoms with Gasteiger partial charge in [-0.05, 0) is 61.7 Å². The van der Waals surface area contributed by atoms with Crippen molar-refractivity contribution >= 4 is 22.6 Å². The number of unbranched alkanes of at least 4 members (excludes halogenated alkanes) is 1. The van der Waals surface area contributed by atoms with Crippen LogP contribution in [0.15, 0.2) is 78.9 Å². The van der Waals surface area contributed by atoms with E-state index in [9.17, 15) is 4.79 Å². The number of hydrogen-bond donors (Lipinski definition) is 0. The molecule has 1 aliphatic rings. The van der Waals surface area contributed by atoms with E-state index in [2.05, 4.69) is 41.8 Å². The van der Waals surface area contributed by atoms with Crippen molar-refractivity contribution in [2.75, 3.05) is 18.1 Å². The number of fused-ring (bicyclic) bond motifs is 1. The first-order valence-electron chi connectivity index (χ1n) is 11.7. The third-order valence-corrected chi connectivity index (χ3v) is 6.28. The zero-order valence-electron chi connectivity index (χ0n) is 19.0. The average Bonchev–Trinajstić information content (AvgIpc) is 3.40. The number of imidazole rings is 1. The Morgan fingerprint density at radius 3 is 2.64 bits per heavy atom. The number of aromatic nitrogens is 2. The van der Waals surface area contributed by atoms with Crippen LogP contribution in [0.3, 0.4) is 0 Å². The van der Waals surface area contributed by atoms with Gasteiger partial charge in [0.05, 0.1) is 17.6 Å². The molecule has 168 valence electrons. The van der Waals surface area contributed by atoms with Crippen LogP contribution < -0.4 is 9.64 Å². The maximum absolute atomic E-state index is 12.9.